The van der Waals surface area contributed by atoms with Gasteiger partial charge in [0, 0.05) is 12.6 Å². The van der Waals surface area contributed by atoms with E-state index in [0.717, 1.165) is 30.8 Å². The van der Waals surface area contributed by atoms with Gasteiger partial charge in [-0.1, -0.05) is 12.1 Å². The summed E-state index contributed by atoms with van der Waals surface area (Å²) in [4.78, 5) is 11.9. The Hall–Kier alpha value is -1.26. The summed E-state index contributed by atoms with van der Waals surface area (Å²) >= 11 is 0. The van der Waals surface area contributed by atoms with Gasteiger partial charge in [-0.25, -0.2) is 0 Å². The molecule has 4 nitrogen and oxygen atoms in total. The topological polar surface area (TPSA) is 50.4 Å². The van der Waals surface area contributed by atoms with Gasteiger partial charge < -0.3 is 15.4 Å². The zero-order valence-corrected chi connectivity index (χ0v) is 12.8. The molecule has 2 rings (SSSR count). The molecule has 0 saturated carbocycles. The Balaban J connectivity index is 0.00000200. The van der Waals surface area contributed by atoms with Crippen LogP contribution in [0.3, 0.4) is 0 Å². The number of benzene rings is 1. The second-order valence-corrected chi connectivity index (χ2v) is 5.25. The van der Waals surface area contributed by atoms with E-state index in [1.807, 2.05) is 38.1 Å². The standard InChI is InChI=1S/C15H22N2O2.ClH/c1-11(2)19-14-5-3-4-12(8-14)9-15(18)17-13-6-7-16-10-13;/h3-5,8,11,13,16H,6-7,9-10H2,1-2H3,(H,17,18);1H. The van der Waals surface area contributed by atoms with Crippen LogP contribution in [0.5, 0.6) is 5.75 Å². The number of halogens is 1. The maximum atomic E-state index is 11.9. The second kappa shape index (κ2) is 8.12. The number of carbonyl (C=O) groups is 1. The van der Waals surface area contributed by atoms with Crippen molar-refractivity contribution >= 4 is 18.3 Å². The van der Waals surface area contributed by atoms with Gasteiger partial charge in [-0.05, 0) is 44.5 Å². The molecule has 112 valence electrons. The van der Waals surface area contributed by atoms with Crippen molar-refractivity contribution in [1.82, 2.24) is 10.6 Å². The third kappa shape index (κ3) is 5.39. The number of nitrogens with one attached hydrogen (secondary N) is 2. The number of ether oxygens (including phenoxy) is 1. The molecule has 0 spiro atoms. The van der Waals surface area contributed by atoms with E-state index in [4.69, 9.17) is 4.74 Å². The van der Waals surface area contributed by atoms with Crippen LogP contribution in [0, 0.1) is 0 Å². The zero-order chi connectivity index (χ0) is 13.7. The lowest BCUT2D eigenvalue weighted by molar-refractivity contribution is -0.121. The lowest BCUT2D eigenvalue weighted by atomic mass is 10.1. The highest BCUT2D eigenvalue weighted by Crippen LogP contribution is 2.15. The lowest BCUT2D eigenvalue weighted by Crippen LogP contribution is -2.37. The predicted molar refractivity (Wildman–Crippen MR) is 82.6 cm³/mol. The van der Waals surface area contributed by atoms with E-state index in [-0.39, 0.29) is 30.5 Å². The van der Waals surface area contributed by atoms with Crippen molar-refractivity contribution in [2.45, 2.75) is 38.8 Å². The van der Waals surface area contributed by atoms with Crippen LogP contribution in [0.15, 0.2) is 24.3 Å². The first kappa shape index (κ1) is 16.8. The maximum Gasteiger partial charge on any atom is 0.224 e. The lowest BCUT2D eigenvalue weighted by Gasteiger charge is -2.13. The first-order valence-electron chi connectivity index (χ1n) is 6.89. The molecule has 2 N–H and O–H groups in total. The summed E-state index contributed by atoms with van der Waals surface area (Å²) in [5.41, 5.74) is 0.988. The number of hydrogen-bond donors (Lipinski definition) is 2. The molecule has 1 aromatic carbocycles. The van der Waals surface area contributed by atoms with Gasteiger partial charge in [0.2, 0.25) is 5.91 Å². The van der Waals surface area contributed by atoms with E-state index >= 15 is 0 Å². The highest BCUT2D eigenvalue weighted by atomic mass is 35.5. The van der Waals surface area contributed by atoms with Crippen LogP contribution in [0.25, 0.3) is 0 Å². The van der Waals surface area contributed by atoms with Crippen LogP contribution in [-0.4, -0.2) is 31.1 Å². The van der Waals surface area contributed by atoms with Gasteiger partial charge in [-0.3, -0.25) is 4.79 Å². The minimum atomic E-state index is 0. The molecule has 0 bridgehead atoms. The quantitative estimate of drug-likeness (QED) is 0.873. The highest BCUT2D eigenvalue weighted by Gasteiger charge is 2.16. The van der Waals surface area contributed by atoms with Crippen LogP contribution in [0.4, 0.5) is 0 Å². The van der Waals surface area contributed by atoms with Crippen molar-refractivity contribution in [3.8, 4) is 5.75 Å². The Kier molecular flexibility index (Phi) is 6.82. The molecule has 0 aliphatic carbocycles. The molecule has 1 fully saturated rings. The van der Waals surface area contributed by atoms with E-state index in [9.17, 15) is 4.79 Å². The average Bonchev–Trinajstić information content (AvgIpc) is 2.81. The summed E-state index contributed by atoms with van der Waals surface area (Å²) in [7, 11) is 0. The van der Waals surface area contributed by atoms with Crippen molar-refractivity contribution in [3.63, 3.8) is 0 Å². The Morgan fingerprint density at radius 1 is 1.50 bits per heavy atom. The summed E-state index contributed by atoms with van der Waals surface area (Å²) in [5, 5.41) is 6.28. The summed E-state index contributed by atoms with van der Waals surface area (Å²) in [6.45, 7) is 5.85. The molecule has 1 saturated heterocycles. The van der Waals surface area contributed by atoms with Gasteiger partial charge in [0.1, 0.15) is 5.75 Å². The SMILES string of the molecule is CC(C)Oc1cccc(CC(=O)NC2CCNC2)c1.Cl. The van der Waals surface area contributed by atoms with Gasteiger partial charge in [-0.2, -0.15) is 0 Å². The number of amides is 1. The maximum absolute atomic E-state index is 11.9. The molecule has 1 atom stereocenters. The van der Waals surface area contributed by atoms with E-state index in [1.165, 1.54) is 0 Å². The smallest absolute Gasteiger partial charge is 0.224 e. The van der Waals surface area contributed by atoms with E-state index < -0.39 is 0 Å². The molecule has 1 unspecified atom stereocenters. The first-order chi connectivity index (χ1) is 9.13. The minimum Gasteiger partial charge on any atom is -0.491 e. The summed E-state index contributed by atoms with van der Waals surface area (Å²) in [5.74, 6) is 0.901. The molecule has 0 radical (unpaired) electrons. The molecule has 1 aliphatic rings. The van der Waals surface area contributed by atoms with Gasteiger partial charge in [-0.15, -0.1) is 12.4 Å². The van der Waals surface area contributed by atoms with Crippen LogP contribution >= 0.6 is 12.4 Å². The number of carbonyl (C=O) groups excluding carboxylic acids is 1. The molecule has 1 amide bonds. The van der Waals surface area contributed by atoms with Crippen molar-refractivity contribution in [2.24, 2.45) is 0 Å². The zero-order valence-electron chi connectivity index (χ0n) is 12.0. The van der Waals surface area contributed by atoms with E-state index in [1.54, 1.807) is 0 Å². The third-order valence-corrected chi connectivity index (χ3v) is 3.06. The fourth-order valence-corrected chi connectivity index (χ4v) is 2.24. The van der Waals surface area contributed by atoms with Gasteiger partial charge >= 0.3 is 0 Å². The fourth-order valence-electron chi connectivity index (χ4n) is 2.24. The van der Waals surface area contributed by atoms with Crippen LogP contribution in [0.1, 0.15) is 25.8 Å². The number of rotatable bonds is 5. The Morgan fingerprint density at radius 2 is 2.30 bits per heavy atom. The largest absolute Gasteiger partial charge is 0.491 e. The molecule has 20 heavy (non-hydrogen) atoms. The molecule has 1 heterocycles. The van der Waals surface area contributed by atoms with Gasteiger partial charge in [0.05, 0.1) is 12.5 Å². The molecular formula is C15H23ClN2O2. The number of hydrogen-bond acceptors (Lipinski definition) is 3. The second-order valence-electron chi connectivity index (χ2n) is 5.25. The minimum absolute atomic E-state index is 0. The molecule has 0 aromatic heterocycles. The Morgan fingerprint density at radius 3 is 2.95 bits per heavy atom. The third-order valence-electron chi connectivity index (χ3n) is 3.06. The summed E-state index contributed by atoms with van der Waals surface area (Å²) in [6.07, 6.45) is 1.57. The average molecular weight is 299 g/mol. The van der Waals surface area contributed by atoms with Crippen molar-refractivity contribution in [2.75, 3.05) is 13.1 Å². The summed E-state index contributed by atoms with van der Waals surface area (Å²) in [6, 6.07) is 8.02. The molecule has 5 heteroatoms. The molecular weight excluding hydrogens is 276 g/mol. The first-order valence-corrected chi connectivity index (χ1v) is 6.89. The fraction of sp³-hybridized carbons (Fsp3) is 0.533. The van der Waals surface area contributed by atoms with Crippen LogP contribution < -0.4 is 15.4 Å². The van der Waals surface area contributed by atoms with Crippen molar-refractivity contribution in [3.05, 3.63) is 29.8 Å². The van der Waals surface area contributed by atoms with Crippen molar-refractivity contribution in [1.29, 1.82) is 0 Å². The Bertz CT molecular complexity index is 432. The van der Waals surface area contributed by atoms with Crippen molar-refractivity contribution < 1.29 is 9.53 Å². The van der Waals surface area contributed by atoms with Crippen LogP contribution in [-0.2, 0) is 11.2 Å². The highest BCUT2D eigenvalue weighted by molar-refractivity contribution is 5.85. The molecule has 1 aromatic rings. The van der Waals surface area contributed by atoms with E-state index in [2.05, 4.69) is 10.6 Å². The predicted octanol–water partition coefficient (Wildman–Crippen LogP) is 1.92. The van der Waals surface area contributed by atoms with Gasteiger partial charge in [0.15, 0.2) is 0 Å². The Labute approximate surface area is 126 Å². The van der Waals surface area contributed by atoms with Gasteiger partial charge in [0.25, 0.3) is 0 Å². The molecule has 1 aliphatic heterocycles. The monoisotopic (exact) mass is 298 g/mol. The van der Waals surface area contributed by atoms with E-state index in [0.29, 0.717) is 6.42 Å². The summed E-state index contributed by atoms with van der Waals surface area (Å²) < 4.78 is 5.63. The normalized spacial score (nSPS) is 17.6. The van der Waals surface area contributed by atoms with Crippen LogP contribution in [0.2, 0.25) is 0 Å².